The Morgan fingerprint density at radius 3 is 2.57 bits per heavy atom. The normalized spacial score (nSPS) is 10.8. The Hall–Kier alpha value is -3.57. The monoisotopic (exact) mass is 373 g/mol. The fraction of sp³-hybridized carbons (Fsp3) is 0.0870. The van der Waals surface area contributed by atoms with Gasteiger partial charge in [-0.25, -0.2) is 0 Å². The number of ether oxygens (including phenoxy) is 1. The van der Waals surface area contributed by atoms with Crippen molar-refractivity contribution in [2.75, 3.05) is 5.32 Å². The number of aliphatic hydroxyl groups is 1. The summed E-state index contributed by atoms with van der Waals surface area (Å²) in [4.78, 5) is 12.9. The molecule has 0 atom stereocenters. The summed E-state index contributed by atoms with van der Waals surface area (Å²) >= 11 is 0. The number of rotatable bonds is 6. The number of hydrogen-bond donors (Lipinski definition) is 2. The maximum atomic E-state index is 12.9. The molecule has 0 saturated carbocycles. The number of anilines is 1. The minimum atomic E-state index is -0.363. The molecule has 1 heterocycles. The highest BCUT2D eigenvalue weighted by molar-refractivity contribution is 6.06. The molecule has 0 spiro atoms. The molecule has 1 aromatic heterocycles. The first kappa shape index (κ1) is 17.8. The molecule has 0 bridgehead atoms. The molecular formula is C23H19NO4. The van der Waals surface area contributed by atoms with Crippen molar-refractivity contribution in [2.24, 2.45) is 0 Å². The fourth-order valence-electron chi connectivity index (χ4n) is 3.03. The van der Waals surface area contributed by atoms with Gasteiger partial charge in [0.15, 0.2) is 5.76 Å². The van der Waals surface area contributed by atoms with Crippen molar-refractivity contribution in [3.05, 3.63) is 95.7 Å². The Morgan fingerprint density at radius 2 is 1.75 bits per heavy atom. The van der Waals surface area contributed by atoms with Crippen molar-refractivity contribution in [2.45, 2.75) is 13.2 Å². The Bertz CT molecular complexity index is 1100. The van der Waals surface area contributed by atoms with Gasteiger partial charge in [0.1, 0.15) is 17.9 Å². The minimum absolute atomic E-state index is 0.0927. The number of nitrogens with one attached hydrogen (secondary N) is 1. The molecule has 0 fully saturated rings. The van der Waals surface area contributed by atoms with Gasteiger partial charge in [-0.3, -0.25) is 4.79 Å². The number of benzene rings is 3. The highest BCUT2D eigenvalue weighted by Crippen LogP contribution is 2.28. The van der Waals surface area contributed by atoms with Crippen LogP contribution in [0.15, 0.2) is 83.3 Å². The summed E-state index contributed by atoms with van der Waals surface area (Å²) in [6, 6.07) is 24.0. The Morgan fingerprint density at radius 1 is 0.964 bits per heavy atom. The summed E-state index contributed by atoms with van der Waals surface area (Å²) in [6.07, 6.45) is 0. The maximum absolute atomic E-state index is 12.9. The number of carbonyl (C=O) groups is 1. The molecule has 5 heteroatoms. The summed E-state index contributed by atoms with van der Waals surface area (Å²) < 4.78 is 11.7. The van der Waals surface area contributed by atoms with Crippen molar-refractivity contribution in [1.82, 2.24) is 0 Å². The van der Waals surface area contributed by atoms with Crippen molar-refractivity contribution in [1.29, 1.82) is 0 Å². The van der Waals surface area contributed by atoms with E-state index in [9.17, 15) is 9.90 Å². The SMILES string of the molecule is O=C(Nc1cccc(CO)c1)c1oc2ccccc2c1COc1ccccc1. The third-order valence-electron chi connectivity index (χ3n) is 4.40. The van der Waals surface area contributed by atoms with Gasteiger partial charge in [0, 0.05) is 16.6 Å². The molecule has 0 aliphatic rings. The molecule has 0 radical (unpaired) electrons. The first-order valence-corrected chi connectivity index (χ1v) is 8.94. The molecular weight excluding hydrogens is 354 g/mol. The van der Waals surface area contributed by atoms with Crippen molar-refractivity contribution in [3.63, 3.8) is 0 Å². The lowest BCUT2D eigenvalue weighted by atomic mass is 10.1. The van der Waals surface area contributed by atoms with Gasteiger partial charge >= 0.3 is 0 Å². The molecule has 3 aromatic carbocycles. The Kier molecular flexibility index (Phi) is 5.08. The molecule has 0 unspecified atom stereocenters. The number of carbonyl (C=O) groups excluding carboxylic acids is 1. The van der Waals surface area contributed by atoms with Gasteiger partial charge in [0.05, 0.1) is 6.61 Å². The highest BCUT2D eigenvalue weighted by Gasteiger charge is 2.21. The average Bonchev–Trinajstić information content (AvgIpc) is 3.12. The first-order chi connectivity index (χ1) is 13.7. The van der Waals surface area contributed by atoms with Crippen molar-refractivity contribution >= 4 is 22.6 Å². The average molecular weight is 373 g/mol. The van der Waals surface area contributed by atoms with Gasteiger partial charge in [-0.1, -0.05) is 48.5 Å². The van der Waals surface area contributed by atoms with E-state index < -0.39 is 0 Å². The number of furan rings is 1. The first-order valence-electron chi connectivity index (χ1n) is 8.94. The Labute approximate surface area is 162 Å². The Balaban J connectivity index is 1.64. The number of fused-ring (bicyclic) bond motifs is 1. The third kappa shape index (κ3) is 3.75. The summed E-state index contributed by atoms with van der Waals surface area (Å²) in [5.41, 5.74) is 2.63. The lowest BCUT2D eigenvalue weighted by Gasteiger charge is -2.08. The molecule has 0 saturated heterocycles. The van der Waals surface area contributed by atoms with Crippen LogP contribution in [-0.2, 0) is 13.2 Å². The van der Waals surface area contributed by atoms with E-state index >= 15 is 0 Å². The molecule has 28 heavy (non-hydrogen) atoms. The molecule has 2 N–H and O–H groups in total. The van der Waals surface area contributed by atoms with Gasteiger partial charge in [-0.15, -0.1) is 0 Å². The summed E-state index contributed by atoms with van der Waals surface area (Å²) in [6.45, 7) is 0.116. The molecule has 4 aromatic rings. The van der Waals surface area contributed by atoms with Gasteiger partial charge in [-0.2, -0.15) is 0 Å². The summed E-state index contributed by atoms with van der Waals surface area (Å²) in [5, 5.41) is 13.0. The zero-order valence-corrected chi connectivity index (χ0v) is 15.1. The van der Waals surface area contributed by atoms with Gasteiger partial charge in [-0.05, 0) is 35.9 Å². The lowest BCUT2D eigenvalue weighted by Crippen LogP contribution is -2.14. The summed E-state index contributed by atoms with van der Waals surface area (Å²) in [7, 11) is 0. The van der Waals surface area contributed by atoms with Crippen LogP contribution >= 0.6 is 0 Å². The predicted octanol–water partition coefficient (Wildman–Crippen LogP) is 4.76. The van der Waals surface area contributed by atoms with Crippen LogP contribution in [-0.4, -0.2) is 11.0 Å². The summed E-state index contributed by atoms with van der Waals surface area (Å²) in [5.74, 6) is 0.569. The van der Waals surface area contributed by atoms with E-state index in [-0.39, 0.29) is 24.9 Å². The number of amides is 1. The topological polar surface area (TPSA) is 71.7 Å². The molecule has 1 amide bonds. The molecule has 0 aliphatic heterocycles. The zero-order valence-electron chi connectivity index (χ0n) is 15.1. The van der Waals surface area contributed by atoms with Crippen molar-refractivity contribution in [3.8, 4) is 5.75 Å². The number of hydrogen-bond acceptors (Lipinski definition) is 4. The van der Waals surface area contributed by atoms with Crippen LogP contribution in [0.5, 0.6) is 5.75 Å². The van der Waals surface area contributed by atoms with E-state index in [4.69, 9.17) is 9.15 Å². The highest BCUT2D eigenvalue weighted by atomic mass is 16.5. The minimum Gasteiger partial charge on any atom is -0.489 e. The van der Waals surface area contributed by atoms with Crippen LogP contribution in [0.4, 0.5) is 5.69 Å². The van der Waals surface area contributed by atoms with E-state index in [1.54, 1.807) is 24.3 Å². The molecule has 0 aliphatic carbocycles. The van der Waals surface area contributed by atoms with E-state index in [1.807, 2.05) is 54.6 Å². The van der Waals surface area contributed by atoms with Crippen LogP contribution in [0.25, 0.3) is 11.0 Å². The fourth-order valence-corrected chi connectivity index (χ4v) is 3.03. The van der Waals surface area contributed by atoms with Gasteiger partial charge < -0.3 is 19.6 Å². The number of aliphatic hydroxyl groups excluding tert-OH is 1. The second-order valence-corrected chi connectivity index (χ2v) is 6.32. The third-order valence-corrected chi connectivity index (χ3v) is 4.40. The molecule has 4 rings (SSSR count). The molecule has 5 nitrogen and oxygen atoms in total. The zero-order chi connectivity index (χ0) is 19.3. The van der Waals surface area contributed by atoms with Crippen LogP contribution in [0.2, 0.25) is 0 Å². The largest absolute Gasteiger partial charge is 0.489 e. The molecule has 140 valence electrons. The van der Waals surface area contributed by atoms with E-state index in [1.165, 1.54) is 0 Å². The predicted molar refractivity (Wildman–Crippen MR) is 107 cm³/mol. The van der Waals surface area contributed by atoms with Crippen LogP contribution < -0.4 is 10.1 Å². The van der Waals surface area contributed by atoms with E-state index in [0.29, 0.717) is 16.8 Å². The maximum Gasteiger partial charge on any atom is 0.291 e. The van der Waals surface area contributed by atoms with Crippen LogP contribution in [0, 0.1) is 0 Å². The standard InChI is InChI=1S/C23H19NO4/c25-14-16-7-6-8-17(13-16)24-23(26)22-20(15-27-18-9-2-1-3-10-18)19-11-4-5-12-21(19)28-22/h1-13,25H,14-15H2,(H,24,26). The van der Waals surface area contributed by atoms with Crippen LogP contribution in [0.3, 0.4) is 0 Å². The smallest absolute Gasteiger partial charge is 0.291 e. The quantitative estimate of drug-likeness (QED) is 0.511. The van der Waals surface area contributed by atoms with Crippen LogP contribution in [0.1, 0.15) is 21.7 Å². The van der Waals surface area contributed by atoms with Crippen molar-refractivity contribution < 1.29 is 19.1 Å². The van der Waals surface area contributed by atoms with E-state index in [2.05, 4.69) is 5.32 Å². The van der Waals surface area contributed by atoms with Gasteiger partial charge in [0.25, 0.3) is 5.91 Å². The van der Waals surface area contributed by atoms with E-state index in [0.717, 1.165) is 16.7 Å². The second kappa shape index (κ2) is 7.98. The number of para-hydroxylation sites is 2. The lowest BCUT2D eigenvalue weighted by molar-refractivity contribution is 0.0995. The van der Waals surface area contributed by atoms with Gasteiger partial charge in [0.2, 0.25) is 0 Å². The second-order valence-electron chi connectivity index (χ2n) is 6.32.